The molecular weight excluding hydrogens is 266 g/mol. The molecule has 1 aromatic heterocycles. The van der Waals surface area contributed by atoms with Crippen LogP contribution in [0.5, 0.6) is 0 Å². The highest BCUT2D eigenvalue weighted by Gasteiger charge is 2.47. The van der Waals surface area contributed by atoms with Gasteiger partial charge in [-0.3, -0.25) is 0 Å². The van der Waals surface area contributed by atoms with Crippen LogP contribution in [0, 0.1) is 23.7 Å². The molecule has 0 atom stereocenters. The highest BCUT2D eigenvalue weighted by molar-refractivity contribution is 7.99. The van der Waals surface area contributed by atoms with E-state index in [0.29, 0.717) is 0 Å². The first-order valence-corrected chi connectivity index (χ1v) is 9.26. The van der Waals surface area contributed by atoms with Crippen LogP contribution in [0.25, 0.3) is 0 Å². The fourth-order valence-corrected chi connectivity index (χ4v) is 6.49. The maximum atomic E-state index is 4.76. The minimum atomic E-state index is 0.784. The molecule has 4 bridgehead atoms. The van der Waals surface area contributed by atoms with Crippen molar-refractivity contribution < 1.29 is 0 Å². The van der Waals surface area contributed by atoms with Gasteiger partial charge in [-0.1, -0.05) is 11.8 Å². The van der Waals surface area contributed by atoms with E-state index >= 15 is 0 Å². The van der Waals surface area contributed by atoms with Crippen LogP contribution in [0.1, 0.15) is 37.8 Å². The van der Waals surface area contributed by atoms with Gasteiger partial charge >= 0.3 is 0 Å². The monoisotopic (exact) mass is 289 g/mol. The number of aryl methyl sites for hydroxylation is 1. The van der Waals surface area contributed by atoms with E-state index in [2.05, 4.69) is 16.1 Å². The molecule has 5 aliphatic rings. The number of nitrogens with one attached hydrogen (secondary N) is 1. The maximum absolute atomic E-state index is 4.76. The zero-order valence-electron chi connectivity index (χ0n) is 11.9. The first-order valence-electron chi connectivity index (χ1n) is 8.27. The van der Waals surface area contributed by atoms with E-state index in [4.69, 9.17) is 4.98 Å². The number of imidazole rings is 1. The van der Waals surface area contributed by atoms with E-state index < -0.39 is 0 Å². The van der Waals surface area contributed by atoms with Crippen LogP contribution in [0.4, 0.5) is 0 Å². The van der Waals surface area contributed by atoms with E-state index in [0.717, 1.165) is 42.8 Å². The molecule has 0 radical (unpaired) electrons. The Labute approximate surface area is 124 Å². The molecule has 108 valence electrons. The zero-order chi connectivity index (χ0) is 13.1. The molecule has 1 N–H and O–H groups in total. The Bertz CT molecular complexity index is 474. The first-order chi connectivity index (χ1) is 9.85. The van der Waals surface area contributed by atoms with Gasteiger partial charge in [-0.15, -0.1) is 0 Å². The second kappa shape index (κ2) is 4.51. The van der Waals surface area contributed by atoms with Crippen molar-refractivity contribution >= 4 is 11.8 Å². The van der Waals surface area contributed by atoms with Gasteiger partial charge in [-0.25, -0.2) is 4.98 Å². The zero-order valence-corrected chi connectivity index (χ0v) is 12.7. The molecular formula is C16H23N3S. The summed E-state index contributed by atoms with van der Waals surface area (Å²) in [5, 5.41) is 5.11. The first kappa shape index (κ1) is 12.1. The molecule has 1 aromatic rings. The van der Waals surface area contributed by atoms with Gasteiger partial charge in [0.15, 0.2) is 5.16 Å². The van der Waals surface area contributed by atoms with Gasteiger partial charge in [0.1, 0.15) is 0 Å². The molecule has 3 nitrogen and oxygen atoms in total. The lowest BCUT2D eigenvalue weighted by molar-refractivity contribution is -0.0143. The fraction of sp³-hybridized carbons (Fsp3) is 0.812. The quantitative estimate of drug-likeness (QED) is 0.928. The van der Waals surface area contributed by atoms with E-state index in [-0.39, 0.29) is 0 Å². The van der Waals surface area contributed by atoms with Gasteiger partial charge in [0.05, 0.1) is 5.69 Å². The van der Waals surface area contributed by atoms with E-state index in [1.807, 2.05) is 11.8 Å². The number of hydrogen-bond donors (Lipinski definition) is 1. The summed E-state index contributed by atoms with van der Waals surface area (Å²) < 4.78 is 2.32. The van der Waals surface area contributed by atoms with Crippen LogP contribution >= 0.6 is 11.8 Å². The van der Waals surface area contributed by atoms with Crippen molar-refractivity contribution in [2.45, 2.75) is 56.4 Å². The van der Waals surface area contributed by atoms with Crippen LogP contribution in [0.2, 0.25) is 0 Å². The summed E-state index contributed by atoms with van der Waals surface area (Å²) in [5.41, 5.74) is 1.25. The van der Waals surface area contributed by atoms with Gasteiger partial charge in [0, 0.05) is 31.1 Å². The summed E-state index contributed by atoms with van der Waals surface area (Å²) in [6.07, 6.45) is 9.81. The molecule has 0 aromatic carbocycles. The Morgan fingerprint density at radius 3 is 2.60 bits per heavy atom. The third-order valence-electron chi connectivity index (χ3n) is 6.10. The lowest BCUT2D eigenvalue weighted by Crippen LogP contribution is -2.54. The summed E-state index contributed by atoms with van der Waals surface area (Å²) >= 11 is 1.90. The number of fused-ring (bicyclic) bond motifs is 1. The maximum Gasteiger partial charge on any atom is 0.168 e. The largest absolute Gasteiger partial charge is 0.325 e. The minimum absolute atomic E-state index is 0.784. The number of rotatable bonds is 3. The topological polar surface area (TPSA) is 29.9 Å². The van der Waals surface area contributed by atoms with E-state index in [1.165, 1.54) is 42.3 Å². The van der Waals surface area contributed by atoms with Crippen molar-refractivity contribution in [3.63, 3.8) is 0 Å². The summed E-state index contributed by atoms with van der Waals surface area (Å²) in [5.74, 6) is 5.28. The normalized spacial score (nSPS) is 41.3. The Morgan fingerprint density at radius 2 is 1.90 bits per heavy atom. The lowest BCUT2D eigenvalue weighted by atomic mass is 9.54. The van der Waals surface area contributed by atoms with Crippen molar-refractivity contribution in [3.8, 4) is 0 Å². The average Bonchev–Trinajstić information content (AvgIpc) is 2.97. The molecule has 2 heterocycles. The number of hydrogen-bond acceptors (Lipinski definition) is 3. The molecule has 6 rings (SSSR count). The molecule has 4 aliphatic carbocycles. The Hall–Kier alpha value is -0.480. The van der Waals surface area contributed by atoms with Crippen molar-refractivity contribution in [1.82, 2.24) is 14.9 Å². The molecule has 0 unspecified atom stereocenters. The summed E-state index contributed by atoms with van der Waals surface area (Å²) in [6, 6.07) is 0.784. The predicted molar refractivity (Wildman–Crippen MR) is 80.6 cm³/mol. The third-order valence-corrected chi connectivity index (χ3v) is 7.07. The SMILES string of the molecule is c1c(CNC2C3CC4CC(C3)CC2C4)nc2n1CCS2. The molecule has 4 saturated carbocycles. The van der Waals surface area contributed by atoms with Gasteiger partial charge in [0.2, 0.25) is 0 Å². The second-order valence-electron chi connectivity index (χ2n) is 7.39. The van der Waals surface area contributed by atoms with Gasteiger partial charge in [-0.05, 0) is 55.8 Å². The molecule has 4 heteroatoms. The average molecular weight is 289 g/mol. The molecule has 0 spiro atoms. The number of thioether (sulfide) groups is 1. The molecule has 4 fully saturated rings. The highest BCUT2D eigenvalue weighted by Crippen LogP contribution is 2.53. The Morgan fingerprint density at radius 1 is 1.15 bits per heavy atom. The molecule has 0 amide bonds. The molecule has 1 aliphatic heterocycles. The van der Waals surface area contributed by atoms with Crippen LogP contribution in [-0.4, -0.2) is 21.3 Å². The van der Waals surface area contributed by atoms with Crippen LogP contribution in [-0.2, 0) is 13.1 Å². The van der Waals surface area contributed by atoms with Gasteiger partial charge in [0.25, 0.3) is 0 Å². The lowest BCUT2D eigenvalue weighted by Gasteiger charge is -2.54. The second-order valence-corrected chi connectivity index (χ2v) is 8.46. The van der Waals surface area contributed by atoms with Crippen LogP contribution < -0.4 is 5.32 Å². The van der Waals surface area contributed by atoms with Crippen molar-refractivity contribution in [3.05, 3.63) is 11.9 Å². The van der Waals surface area contributed by atoms with Gasteiger partial charge < -0.3 is 9.88 Å². The smallest absolute Gasteiger partial charge is 0.168 e. The van der Waals surface area contributed by atoms with Crippen molar-refractivity contribution in [2.75, 3.05) is 5.75 Å². The fourth-order valence-electron chi connectivity index (χ4n) is 5.53. The Kier molecular flexibility index (Phi) is 2.73. The van der Waals surface area contributed by atoms with Crippen LogP contribution in [0.15, 0.2) is 11.4 Å². The Balaban J connectivity index is 1.27. The van der Waals surface area contributed by atoms with Crippen molar-refractivity contribution in [2.24, 2.45) is 23.7 Å². The minimum Gasteiger partial charge on any atom is -0.325 e. The summed E-state index contributed by atoms with van der Waals surface area (Å²) in [7, 11) is 0. The van der Waals surface area contributed by atoms with Crippen molar-refractivity contribution in [1.29, 1.82) is 0 Å². The third kappa shape index (κ3) is 1.87. The standard InChI is InChI=1S/C16H23N3S/c1-2-20-16-18-14(9-19(1)16)8-17-15-12-4-10-3-11(6-12)7-13(15)5-10/h9-13,15,17H,1-8H2. The molecule has 0 saturated heterocycles. The number of nitrogens with zero attached hydrogens (tertiary/aromatic N) is 2. The van der Waals surface area contributed by atoms with E-state index in [1.54, 1.807) is 6.42 Å². The highest BCUT2D eigenvalue weighted by atomic mass is 32.2. The summed E-state index contributed by atoms with van der Waals surface area (Å²) in [6.45, 7) is 2.12. The summed E-state index contributed by atoms with van der Waals surface area (Å²) in [4.78, 5) is 4.76. The predicted octanol–water partition coefficient (Wildman–Crippen LogP) is 2.90. The van der Waals surface area contributed by atoms with Crippen LogP contribution in [0.3, 0.4) is 0 Å². The van der Waals surface area contributed by atoms with Gasteiger partial charge in [-0.2, -0.15) is 0 Å². The molecule has 20 heavy (non-hydrogen) atoms. The van der Waals surface area contributed by atoms with E-state index in [9.17, 15) is 0 Å². The number of aromatic nitrogens is 2.